The highest BCUT2D eigenvalue weighted by Gasteiger charge is 2.09. The monoisotopic (exact) mass is 308 g/mol. The van der Waals surface area contributed by atoms with Gasteiger partial charge in [0.25, 0.3) is 0 Å². The highest BCUT2D eigenvalue weighted by atomic mass is 16.5. The maximum Gasteiger partial charge on any atom is 0.239 e. The van der Waals surface area contributed by atoms with Crippen molar-refractivity contribution in [3.05, 3.63) is 23.8 Å². The number of rotatable bonds is 8. The third-order valence-corrected chi connectivity index (χ3v) is 3.15. The first-order valence-corrected chi connectivity index (χ1v) is 7.23. The fourth-order valence-electron chi connectivity index (χ4n) is 1.85. The molecule has 0 aliphatic carbocycles. The lowest BCUT2D eigenvalue weighted by molar-refractivity contribution is -0.127. The molecule has 122 valence electrons. The summed E-state index contributed by atoms with van der Waals surface area (Å²) in [6.07, 6.45) is 0.615. The van der Waals surface area contributed by atoms with Crippen molar-refractivity contribution < 1.29 is 19.1 Å². The molecule has 1 rings (SSSR count). The Morgan fingerprint density at radius 2 is 1.86 bits per heavy atom. The van der Waals surface area contributed by atoms with Crippen LogP contribution in [0.25, 0.3) is 0 Å². The lowest BCUT2D eigenvalue weighted by Gasteiger charge is -2.11. The molecular formula is C16H24N2O4. The van der Waals surface area contributed by atoms with E-state index in [0.29, 0.717) is 13.0 Å². The van der Waals surface area contributed by atoms with Crippen molar-refractivity contribution in [3.63, 3.8) is 0 Å². The minimum Gasteiger partial charge on any atom is -0.497 e. The summed E-state index contributed by atoms with van der Waals surface area (Å²) in [6, 6.07) is 5.53. The zero-order valence-electron chi connectivity index (χ0n) is 13.6. The molecular weight excluding hydrogens is 284 g/mol. The van der Waals surface area contributed by atoms with Gasteiger partial charge in [-0.3, -0.25) is 9.59 Å². The van der Waals surface area contributed by atoms with E-state index in [1.807, 2.05) is 18.2 Å². The van der Waals surface area contributed by atoms with E-state index >= 15 is 0 Å². The first-order chi connectivity index (χ1) is 10.5. The Hall–Kier alpha value is -2.24. The standard InChI is InChI=1S/C16H24N2O4/c1-11(2)16(20)18-10-15(19)17-8-7-12-9-13(21-3)5-6-14(12)22-4/h5-6,9,11H,7-8,10H2,1-4H3,(H,17,19)(H,18,20). The van der Waals surface area contributed by atoms with Gasteiger partial charge in [-0.1, -0.05) is 13.8 Å². The van der Waals surface area contributed by atoms with Gasteiger partial charge >= 0.3 is 0 Å². The number of methoxy groups -OCH3 is 2. The highest BCUT2D eigenvalue weighted by Crippen LogP contribution is 2.23. The minimum atomic E-state index is -0.212. The van der Waals surface area contributed by atoms with Crippen LogP contribution in [0.4, 0.5) is 0 Å². The van der Waals surface area contributed by atoms with Gasteiger partial charge in [0.1, 0.15) is 11.5 Å². The Bertz CT molecular complexity index is 515. The van der Waals surface area contributed by atoms with Crippen LogP contribution >= 0.6 is 0 Å². The van der Waals surface area contributed by atoms with E-state index < -0.39 is 0 Å². The van der Waals surface area contributed by atoms with Gasteiger partial charge in [-0.15, -0.1) is 0 Å². The summed E-state index contributed by atoms with van der Waals surface area (Å²) in [7, 11) is 3.20. The van der Waals surface area contributed by atoms with Crippen molar-refractivity contribution in [1.29, 1.82) is 0 Å². The smallest absolute Gasteiger partial charge is 0.239 e. The van der Waals surface area contributed by atoms with Crippen LogP contribution in [-0.2, 0) is 16.0 Å². The summed E-state index contributed by atoms with van der Waals surface area (Å²) in [5.74, 6) is 1.02. The number of carbonyl (C=O) groups excluding carboxylic acids is 2. The maximum atomic E-state index is 11.7. The van der Waals surface area contributed by atoms with Crippen LogP contribution in [-0.4, -0.2) is 39.1 Å². The van der Waals surface area contributed by atoms with Crippen molar-refractivity contribution >= 4 is 11.8 Å². The molecule has 1 aromatic rings. The molecule has 6 nitrogen and oxygen atoms in total. The van der Waals surface area contributed by atoms with Crippen LogP contribution in [0.3, 0.4) is 0 Å². The molecule has 0 aliphatic rings. The molecule has 0 radical (unpaired) electrons. The number of nitrogens with one attached hydrogen (secondary N) is 2. The van der Waals surface area contributed by atoms with Crippen molar-refractivity contribution in [2.24, 2.45) is 5.92 Å². The Kier molecular flexibility index (Phi) is 7.22. The molecule has 0 spiro atoms. The highest BCUT2D eigenvalue weighted by molar-refractivity contribution is 5.85. The summed E-state index contributed by atoms with van der Waals surface area (Å²) in [6.45, 7) is 4.01. The average Bonchev–Trinajstić information content (AvgIpc) is 2.52. The number of hydrogen-bond donors (Lipinski definition) is 2. The number of benzene rings is 1. The summed E-state index contributed by atoms with van der Waals surface area (Å²) >= 11 is 0. The van der Waals surface area contributed by atoms with Crippen molar-refractivity contribution in [2.45, 2.75) is 20.3 Å². The average molecular weight is 308 g/mol. The first-order valence-electron chi connectivity index (χ1n) is 7.23. The molecule has 2 amide bonds. The third-order valence-electron chi connectivity index (χ3n) is 3.15. The molecule has 0 atom stereocenters. The molecule has 0 saturated heterocycles. The number of amides is 2. The van der Waals surface area contributed by atoms with Gasteiger partial charge in [0.05, 0.1) is 20.8 Å². The van der Waals surface area contributed by atoms with E-state index in [2.05, 4.69) is 10.6 Å². The maximum absolute atomic E-state index is 11.7. The Labute approximate surface area is 131 Å². The van der Waals surface area contributed by atoms with Gasteiger partial charge in [0.2, 0.25) is 11.8 Å². The zero-order chi connectivity index (χ0) is 16.5. The molecule has 0 aliphatic heterocycles. The quantitative estimate of drug-likeness (QED) is 0.755. The topological polar surface area (TPSA) is 76.7 Å². The van der Waals surface area contributed by atoms with Gasteiger partial charge in [-0.25, -0.2) is 0 Å². The van der Waals surface area contributed by atoms with E-state index in [0.717, 1.165) is 17.1 Å². The summed E-state index contributed by atoms with van der Waals surface area (Å²) < 4.78 is 10.5. The van der Waals surface area contributed by atoms with E-state index in [1.54, 1.807) is 28.1 Å². The van der Waals surface area contributed by atoms with Crippen molar-refractivity contribution in [2.75, 3.05) is 27.3 Å². The summed E-state index contributed by atoms with van der Waals surface area (Å²) in [4.78, 5) is 23.0. The first kappa shape index (κ1) is 17.8. The summed E-state index contributed by atoms with van der Waals surface area (Å²) in [5, 5.41) is 5.34. The SMILES string of the molecule is COc1ccc(OC)c(CCNC(=O)CNC(=O)C(C)C)c1. The molecule has 0 saturated carbocycles. The molecule has 1 aromatic carbocycles. The second-order valence-corrected chi connectivity index (χ2v) is 5.15. The number of ether oxygens (including phenoxy) is 2. The number of carbonyl (C=O) groups is 2. The van der Waals surface area contributed by atoms with E-state index in [1.165, 1.54) is 0 Å². The number of hydrogen-bond acceptors (Lipinski definition) is 4. The van der Waals surface area contributed by atoms with Crippen LogP contribution in [0.15, 0.2) is 18.2 Å². The van der Waals surface area contributed by atoms with Gasteiger partial charge in [-0.05, 0) is 30.2 Å². The molecule has 22 heavy (non-hydrogen) atoms. The van der Waals surface area contributed by atoms with Crippen LogP contribution in [0.1, 0.15) is 19.4 Å². The lowest BCUT2D eigenvalue weighted by Crippen LogP contribution is -2.39. The Morgan fingerprint density at radius 3 is 2.45 bits per heavy atom. The van der Waals surface area contributed by atoms with Crippen molar-refractivity contribution in [3.8, 4) is 11.5 Å². The molecule has 0 heterocycles. The van der Waals surface area contributed by atoms with Crippen LogP contribution in [0.2, 0.25) is 0 Å². The van der Waals surface area contributed by atoms with E-state index in [-0.39, 0.29) is 24.3 Å². The van der Waals surface area contributed by atoms with Crippen LogP contribution in [0, 0.1) is 5.92 Å². The van der Waals surface area contributed by atoms with Crippen molar-refractivity contribution in [1.82, 2.24) is 10.6 Å². The normalized spacial score (nSPS) is 10.2. The second kappa shape index (κ2) is 8.92. The fraction of sp³-hybridized carbons (Fsp3) is 0.500. The van der Waals surface area contributed by atoms with Crippen LogP contribution < -0.4 is 20.1 Å². The van der Waals surface area contributed by atoms with Crippen LogP contribution in [0.5, 0.6) is 11.5 Å². The van der Waals surface area contributed by atoms with E-state index in [4.69, 9.17) is 9.47 Å². The van der Waals surface area contributed by atoms with E-state index in [9.17, 15) is 9.59 Å². The minimum absolute atomic E-state index is 0.00768. The molecule has 2 N–H and O–H groups in total. The summed E-state index contributed by atoms with van der Waals surface area (Å²) in [5.41, 5.74) is 0.952. The fourth-order valence-corrected chi connectivity index (χ4v) is 1.85. The van der Waals surface area contributed by atoms with Gasteiger partial charge < -0.3 is 20.1 Å². The van der Waals surface area contributed by atoms with Gasteiger partial charge in [0.15, 0.2) is 0 Å². The molecule has 0 fully saturated rings. The predicted octanol–water partition coefficient (Wildman–Crippen LogP) is 1.13. The zero-order valence-corrected chi connectivity index (χ0v) is 13.6. The second-order valence-electron chi connectivity index (χ2n) is 5.15. The van der Waals surface area contributed by atoms with Gasteiger partial charge in [0, 0.05) is 12.5 Å². The largest absolute Gasteiger partial charge is 0.497 e. The lowest BCUT2D eigenvalue weighted by atomic mass is 10.1. The third kappa shape index (κ3) is 5.63. The Balaban J connectivity index is 2.43. The Morgan fingerprint density at radius 1 is 1.14 bits per heavy atom. The molecule has 0 aromatic heterocycles. The molecule has 6 heteroatoms. The molecule has 0 unspecified atom stereocenters. The van der Waals surface area contributed by atoms with Gasteiger partial charge in [-0.2, -0.15) is 0 Å². The molecule has 0 bridgehead atoms. The predicted molar refractivity (Wildman–Crippen MR) is 84.1 cm³/mol.